The fraction of sp³-hybridized carbons (Fsp3) is 0.267. The molecule has 0 atom stereocenters. The quantitative estimate of drug-likeness (QED) is 0.836. The standard InChI is InChI=1S/C15H17N3O.Ru/c1-11-5-7-17-13(9-11)14-10-12(6-8-18-14)3-2-4-15(16)19;/h5-10H,2-4H2,1H3,(H2,16,19);/q;+2. The second-order valence-corrected chi connectivity index (χ2v) is 4.59. The summed E-state index contributed by atoms with van der Waals surface area (Å²) in [7, 11) is 0. The summed E-state index contributed by atoms with van der Waals surface area (Å²) < 4.78 is 0. The predicted octanol–water partition coefficient (Wildman–Crippen LogP) is 2.26. The number of aryl methyl sites for hydroxylation is 2. The molecule has 2 rings (SSSR count). The minimum Gasteiger partial charge on any atom is -0.370 e. The van der Waals surface area contributed by atoms with E-state index in [4.69, 9.17) is 5.73 Å². The van der Waals surface area contributed by atoms with Crippen molar-refractivity contribution in [1.82, 2.24) is 9.97 Å². The predicted molar refractivity (Wildman–Crippen MR) is 74.3 cm³/mol. The molecule has 104 valence electrons. The number of pyridine rings is 2. The van der Waals surface area contributed by atoms with Crippen LogP contribution in [0.3, 0.4) is 0 Å². The molecule has 0 aliphatic rings. The summed E-state index contributed by atoms with van der Waals surface area (Å²) in [6, 6.07) is 7.94. The van der Waals surface area contributed by atoms with E-state index >= 15 is 0 Å². The van der Waals surface area contributed by atoms with Gasteiger partial charge in [-0.15, -0.1) is 0 Å². The molecule has 0 radical (unpaired) electrons. The van der Waals surface area contributed by atoms with E-state index in [1.54, 1.807) is 12.4 Å². The number of carbonyl (C=O) groups excluding carboxylic acids is 1. The number of aromatic nitrogens is 2. The zero-order valence-electron chi connectivity index (χ0n) is 11.3. The Bertz CT molecular complexity index is 587. The Morgan fingerprint density at radius 1 is 1.15 bits per heavy atom. The van der Waals surface area contributed by atoms with Crippen LogP contribution in [-0.2, 0) is 30.7 Å². The Balaban J connectivity index is 0.00000200. The van der Waals surface area contributed by atoms with Gasteiger partial charge in [0.15, 0.2) is 0 Å². The first-order valence-corrected chi connectivity index (χ1v) is 6.31. The Kier molecular flexibility index (Phi) is 6.46. The maximum absolute atomic E-state index is 10.7. The first kappa shape index (κ1) is 16.4. The van der Waals surface area contributed by atoms with Gasteiger partial charge < -0.3 is 5.73 Å². The topological polar surface area (TPSA) is 68.9 Å². The fourth-order valence-electron chi connectivity index (χ4n) is 1.91. The zero-order valence-corrected chi connectivity index (χ0v) is 13.1. The van der Waals surface area contributed by atoms with Crippen LogP contribution >= 0.6 is 0 Å². The number of hydrogen-bond acceptors (Lipinski definition) is 3. The smallest absolute Gasteiger partial charge is 0.370 e. The summed E-state index contributed by atoms with van der Waals surface area (Å²) in [4.78, 5) is 19.4. The Morgan fingerprint density at radius 2 is 1.80 bits per heavy atom. The van der Waals surface area contributed by atoms with Crippen molar-refractivity contribution < 1.29 is 24.3 Å². The van der Waals surface area contributed by atoms with Gasteiger partial charge in [-0.05, 0) is 55.2 Å². The normalized spacial score (nSPS) is 9.85. The van der Waals surface area contributed by atoms with Crippen LogP contribution < -0.4 is 5.73 Å². The zero-order chi connectivity index (χ0) is 13.7. The monoisotopic (exact) mass is 357 g/mol. The van der Waals surface area contributed by atoms with Crippen molar-refractivity contribution in [3.63, 3.8) is 0 Å². The molecule has 0 aliphatic carbocycles. The average molecular weight is 356 g/mol. The van der Waals surface area contributed by atoms with Crippen molar-refractivity contribution in [2.24, 2.45) is 5.73 Å². The number of rotatable bonds is 5. The van der Waals surface area contributed by atoms with Crippen LogP contribution in [0.15, 0.2) is 36.7 Å². The number of primary amides is 1. The fourth-order valence-corrected chi connectivity index (χ4v) is 1.91. The number of carbonyl (C=O) groups is 1. The van der Waals surface area contributed by atoms with E-state index < -0.39 is 0 Å². The Labute approximate surface area is 131 Å². The van der Waals surface area contributed by atoms with Gasteiger partial charge in [-0.3, -0.25) is 14.8 Å². The van der Waals surface area contributed by atoms with E-state index in [2.05, 4.69) is 9.97 Å². The van der Waals surface area contributed by atoms with Crippen LogP contribution in [0.2, 0.25) is 0 Å². The molecule has 2 aromatic heterocycles. The van der Waals surface area contributed by atoms with Crippen molar-refractivity contribution >= 4 is 5.91 Å². The van der Waals surface area contributed by atoms with E-state index in [0.29, 0.717) is 6.42 Å². The molecule has 0 bridgehead atoms. The third kappa shape index (κ3) is 4.82. The molecule has 0 fully saturated rings. The van der Waals surface area contributed by atoms with E-state index in [-0.39, 0.29) is 25.4 Å². The number of nitrogens with zero attached hydrogens (tertiary/aromatic N) is 2. The van der Waals surface area contributed by atoms with Crippen molar-refractivity contribution in [2.75, 3.05) is 0 Å². The number of nitrogens with two attached hydrogens (primary N) is 1. The van der Waals surface area contributed by atoms with Gasteiger partial charge in [-0.25, -0.2) is 0 Å². The van der Waals surface area contributed by atoms with Gasteiger partial charge in [0.1, 0.15) is 0 Å². The second-order valence-electron chi connectivity index (χ2n) is 4.59. The van der Waals surface area contributed by atoms with Gasteiger partial charge in [-0.1, -0.05) is 0 Å². The molecule has 2 heterocycles. The Hall–Kier alpha value is -1.61. The van der Waals surface area contributed by atoms with Crippen LogP contribution in [0.4, 0.5) is 0 Å². The van der Waals surface area contributed by atoms with Crippen molar-refractivity contribution in [2.45, 2.75) is 26.2 Å². The number of amides is 1. The summed E-state index contributed by atoms with van der Waals surface area (Å²) in [6.07, 6.45) is 5.57. The van der Waals surface area contributed by atoms with Gasteiger partial charge >= 0.3 is 19.5 Å². The van der Waals surface area contributed by atoms with E-state index in [1.807, 2.05) is 31.2 Å². The molecule has 0 aliphatic heterocycles. The largest absolute Gasteiger partial charge is 2.00 e. The first-order chi connectivity index (χ1) is 9.15. The molecule has 2 aromatic rings. The summed E-state index contributed by atoms with van der Waals surface area (Å²) in [5.74, 6) is -0.255. The summed E-state index contributed by atoms with van der Waals surface area (Å²) >= 11 is 0. The summed E-state index contributed by atoms with van der Waals surface area (Å²) in [5.41, 5.74) is 9.17. The molecule has 4 nitrogen and oxygen atoms in total. The molecule has 0 saturated carbocycles. The first-order valence-electron chi connectivity index (χ1n) is 6.31. The molecule has 0 saturated heterocycles. The molecule has 1 amide bonds. The minimum absolute atomic E-state index is 0. The average Bonchev–Trinajstić information content (AvgIpc) is 2.39. The van der Waals surface area contributed by atoms with Gasteiger partial charge in [0.25, 0.3) is 0 Å². The van der Waals surface area contributed by atoms with E-state index in [9.17, 15) is 4.79 Å². The van der Waals surface area contributed by atoms with Crippen molar-refractivity contribution in [3.05, 3.63) is 47.8 Å². The summed E-state index contributed by atoms with van der Waals surface area (Å²) in [6.45, 7) is 2.03. The third-order valence-electron chi connectivity index (χ3n) is 2.89. The van der Waals surface area contributed by atoms with Crippen molar-refractivity contribution in [3.8, 4) is 11.4 Å². The van der Waals surface area contributed by atoms with Crippen molar-refractivity contribution in [1.29, 1.82) is 0 Å². The second kappa shape index (κ2) is 7.86. The molecule has 5 heteroatoms. The number of hydrogen-bond donors (Lipinski definition) is 1. The molecule has 0 unspecified atom stereocenters. The SMILES string of the molecule is Cc1ccnc(-c2cc(CCCC(N)=O)ccn2)c1.[Ru+2]. The molecular weight excluding hydrogens is 339 g/mol. The molecule has 0 spiro atoms. The molecule has 0 aromatic carbocycles. The van der Waals surface area contributed by atoms with Crippen LogP contribution in [-0.4, -0.2) is 15.9 Å². The van der Waals surface area contributed by atoms with Crippen LogP contribution in [0.5, 0.6) is 0 Å². The van der Waals surface area contributed by atoms with E-state index in [1.165, 1.54) is 0 Å². The van der Waals surface area contributed by atoms with Gasteiger partial charge in [-0.2, -0.15) is 0 Å². The minimum atomic E-state index is -0.255. The van der Waals surface area contributed by atoms with Crippen LogP contribution in [0.1, 0.15) is 24.0 Å². The van der Waals surface area contributed by atoms with Crippen LogP contribution in [0, 0.1) is 6.92 Å². The van der Waals surface area contributed by atoms with Gasteiger partial charge in [0.2, 0.25) is 5.91 Å². The molecule has 2 N–H and O–H groups in total. The maximum atomic E-state index is 10.7. The maximum Gasteiger partial charge on any atom is 2.00 e. The van der Waals surface area contributed by atoms with Crippen LogP contribution in [0.25, 0.3) is 11.4 Å². The molecular formula is C15H17N3ORu+2. The van der Waals surface area contributed by atoms with Gasteiger partial charge in [0, 0.05) is 18.8 Å². The molecule has 20 heavy (non-hydrogen) atoms. The third-order valence-corrected chi connectivity index (χ3v) is 2.89. The Morgan fingerprint density at radius 3 is 2.45 bits per heavy atom. The van der Waals surface area contributed by atoms with E-state index in [0.717, 1.165) is 35.4 Å². The summed E-state index contributed by atoms with van der Waals surface area (Å²) in [5, 5.41) is 0. The van der Waals surface area contributed by atoms with Gasteiger partial charge in [0.05, 0.1) is 11.4 Å².